The van der Waals surface area contributed by atoms with E-state index in [1.54, 1.807) is 0 Å². The number of unbranched alkanes of at least 4 members (excludes halogenated alkanes) is 6. The van der Waals surface area contributed by atoms with Crippen molar-refractivity contribution in [2.75, 3.05) is 20.2 Å². The van der Waals surface area contributed by atoms with Gasteiger partial charge in [0.2, 0.25) is 0 Å². The van der Waals surface area contributed by atoms with E-state index in [0.717, 1.165) is 6.54 Å². The molecule has 0 amide bonds. The van der Waals surface area contributed by atoms with Crippen LogP contribution in [-0.4, -0.2) is 30.1 Å². The maximum absolute atomic E-state index is 11.1. The summed E-state index contributed by atoms with van der Waals surface area (Å²) in [5.41, 5.74) is 0. The summed E-state index contributed by atoms with van der Waals surface area (Å²) >= 11 is 2.11. The third kappa shape index (κ3) is 11.0. The molecule has 1 atom stereocenters. The lowest BCUT2D eigenvalue weighted by Gasteiger charge is -2.08. The van der Waals surface area contributed by atoms with Gasteiger partial charge in [0, 0.05) is 6.54 Å². The summed E-state index contributed by atoms with van der Waals surface area (Å²) in [7, 11) is 1.43. The zero-order valence-corrected chi connectivity index (χ0v) is 13.3. The SMILES string of the molecule is CCCCCCCCCNCC(I)C(=O)OC. The largest absolute Gasteiger partial charge is 0.468 e. The predicted octanol–water partition coefficient (Wildman–Crippen LogP) is 3.30. The molecule has 1 N–H and O–H groups in total. The molecule has 102 valence electrons. The molecule has 0 bridgehead atoms. The standard InChI is InChI=1S/C13H26INO2/c1-3-4-5-6-7-8-9-10-15-11-12(14)13(16)17-2/h12,15H,3-11H2,1-2H3. The minimum atomic E-state index is -0.141. The molecule has 0 aliphatic rings. The van der Waals surface area contributed by atoms with Gasteiger partial charge in [-0.3, -0.25) is 4.79 Å². The van der Waals surface area contributed by atoms with Crippen molar-refractivity contribution >= 4 is 28.6 Å². The van der Waals surface area contributed by atoms with Crippen molar-refractivity contribution in [1.29, 1.82) is 0 Å². The van der Waals surface area contributed by atoms with Gasteiger partial charge < -0.3 is 10.1 Å². The monoisotopic (exact) mass is 355 g/mol. The van der Waals surface area contributed by atoms with Crippen molar-refractivity contribution in [2.24, 2.45) is 0 Å². The first-order chi connectivity index (χ1) is 8.22. The fraction of sp³-hybridized carbons (Fsp3) is 0.923. The highest BCUT2D eigenvalue weighted by Crippen LogP contribution is 2.06. The van der Waals surface area contributed by atoms with Crippen LogP contribution in [0.1, 0.15) is 51.9 Å². The first kappa shape index (κ1) is 17.2. The van der Waals surface area contributed by atoms with E-state index in [0.29, 0.717) is 6.54 Å². The van der Waals surface area contributed by atoms with E-state index in [1.165, 1.54) is 52.1 Å². The first-order valence-corrected chi connectivity index (χ1v) is 7.89. The van der Waals surface area contributed by atoms with Gasteiger partial charge in [-0.25, -0.2) is 0 Å². The predicted molar refractivity (Wildman–Crippen MR) is 80.7 cm³/mol. The second kappa shape index (κ2) is 12.6. The van der Waals surface area contributed by atoms with E-state index < -0.39 is 0 Å². The van der Waals surface area contributed by atoms with Gasteiger partial charge in [0.25, 0.3) is 0 Å². The summed E-state index contributed by atoms with van der Waals surface area (Å²) in [6.07, 6.45) is 9.26. The number of hydrogen-bond donors (Lipinski definition) is 1. The van der Waals surface area contributed by atoms with Crippen LogP contribution in [0.4, 0.5) is 0 Å². The zero-order valence-electron chi connectivity index (χ0n) is 11.1. The Kier molecular flexibility index (Phi) is 12.7. The molecule has 0 rings (SSSR count). The van der Waals surface area contributed by atoms with Crippen LogP contribution in [0.2, 0.25) is 0 Å². The van der Waals surface area contributed by atoms with Crippen molar-refractivity contribution < 1.29 is 9.53 Å². The van der Waals surface area contributed by atoms with Gasteiger partial charge in [-0.05, 0) is 13.0 Å². The van der Waals surface area contributed by atoms with Gasteiger partial charge in [-0.15, -0.1) is 0 Å². The first-order valence-electron chi connectivity index (χ1n) is 6.65. The van der Waals surface area contributed by atoms with E-state index in [2.05, 4.69) is 39.6 Å². The van der Waals surface area contributed by atoms with Crippen LogP contribution in [-0.2, 0) is 9.53 Å². The highest BCUT2D eigenvalue weighted by Gasteiger charge is 2.13. The maximum atomic E-state index is 11.1. The lowest BCUT2D eigenvalue weighted by molar-refractivity contribution is -0.139. The molecule has 0 saturated carbocycles. The number of alkyl halides is 1. The van der Waals surface area contributed by atoms with Gasteiger partial charge in [0.15, 0.2) is 0 Å². The molecule has 0 aromatic heterocycles. The fourth-order valence-corrected chi connectivity index (χ4v) is 2.21. The third-order valence-electron chi connectivity index (χ3n) is 2.74. The Morgan fingerprint density at radius 2 is 1.76 bits per heavy atom. The van der Waals surface area contributed by atoms with E-state index in [9.17, 15) is 4.79 Å². The molecule has 0 heterocycles. The Morgan fingerprint density at radius 3 is 2.35 bits per heavy atom. The molecule has 0 aliphatic heterocycles. The average Bonchev–Trinajstić information content (AvgIpc) is 2.35. The van der Waals surface area contributed by atoms with Crippen molar-refractivity contribution in [3.63, 3.8) is 0 Å². The van der Waals surface area contributed by atoms with Crippen molar-refractivity contribution in [1.82, 2.24) is 5.32 Å². The number of halogens is 1. The van der Waals surface area contributed by atoms with Crippen LogP contribution in [0, 0.1) is 0 Å². The van der Waals surface area contributed by atoms with E-state index >= 15 is 0 Å². The molecule has 0 aromatic carbocycles. The Hall–Kier alpha value is 0.160. The highest BCUT2D eigenvalue weighted by atomic mass is 127. The number of hydrogen-bond acceptors (Lipinski definition) is 3. The number of carbonyl (C=O) groups is 1. The Balaban J connectivity index is 3.15. The summed E-state index contributed by atoms with van der Waals surface area (Å²) < 4.78 is 4.59. The number of rotatable bonds is 11. The molecule has 0 aliphatic carbocycles. The summed E-state index contributed by atoms with van der Waals surface area (Å²) in [5.74, 6) is -0.141. The van der Waals surface area contributed by atoms with Crippen LogP contribution in [0.5, 0.6) is 0 Å². The summed E-state index contributed by atoms with van der Waals surface area (Å²) in [4.78, 5) is 11.1. The molecular formula is C13H26INO2. The second-order valence-electron chi connectivity index (χ2n) is 4.32. The number of nitrogens with one attached hydrogen (secondary N) is 1. The molecule has 0 aromatic rings. The van der Waals surface area contributed by atoms with E-state index in [-0.39, 0.29) is 9.89 Å². The molecule has 0 spiro atoms. The topological polar surface area (TPSA) is 38.3 Å². The lowest BCUT2D eigenvalue weighted by atomic mass is 10.1. The zero-order chi connectivity index (χ0) is 12.9. The Bertz CT molecular complexity index is 188. The average molecular weight is 355 g/mol. The Morgan fingerprint density at radius 1 is 1.18 bits per heavy atom. The van der Waals surface area contributed by atoms with Crippen LogP contribution >= 0.6 is 22.6 Å². The lowest BCUT2D eigenvalue weighted by Crippen LogP contribution is -2.30. The van der Waals surface area contributed by atoms with Crippen molar-refractivity contribution in [2.45, 2.75) is 55.8 Å². The summed E-state index contributed by atoms with van der Waals surface area (Å²) in [6.45, 7) is 3.96. The number of esters is 1. The quantitative estimate of drug-likeness (QED) is 0.268. The van der Waals surface area contributed by atoms with Gasteiger partial charge in [-0.2, -0.15) is 0 Å². The molecule has 1 unspecified atom stereocenters. The minimum Gasteiger partial charge on any atom is -0.468 e. The molecule has 0 fully saturated rings. The van der Waals surface area contributed by atoms with Crippen molar-refractivity contribution in [3.05, 3.63) is 0 Å². The van der Waals surface area contributed by atoms with Crippen LogP contribution in [0.15, 0.2) is 0 Å². The fourth-order valence-electron chi connectivity index (χ4n) is 1.65. The normalized spacial score (nSPS) is 12.4. The smallest absolute Gasteiger partial charge is 0.319 e. The van der Waals surface area contributed by atoms with Gasteiger partial charge in [-0.1, -0.05) is 68.0 Å². The number of ether oxygens (including phenoxy) is 1. The third-order valence-corrected chi connectivity index (χ3v) is 3.69. The molecule has 0 radical (unpaired) electrons. The number of carbonyl (C=O) groups excluding carboxylic acids is 1. The minimum absolute atomic E-state index is 0.0674. The molecular weight excluding hydrogens is 329 g/mol. The number of methoxy groups -OCH3 is 1. The second-order valence-corrected chi connectivity index (χ2v) is 5.82. The highest BCUT2D eigenvalue weighted by molar-refractivity contribution is 14.1. The van der Waals surface area contributed by atoms with Gasteiger partial charge in [0.1, 0.15) is 3.92 Å². The van der Waals surface area contributed by atoms with Gasteiger partial charge in [0.05, 0.1) is 7.11 Å². The van der Waals surface area contributed by atoms with Crippen LogP contribution in [0.25, 0.3) is 0 Å². The Labute approximate surface area is 119 Å². The van der Waals surface area contributed by atoms with Crippen molar-refractivity contribution in [3.8, 4) is 0 Å². The molecule has 17 heavy (non-hydrogen) atoms. The molecule has 4 heteroatoms. The summed E-state index contributed by atoms with van der Waals surface area (Å²) in [6, 6.07) is 0. The molecule has 3 nitrogen and oxygen atoms in total. The summed E-state index contributed by atoms with van der Waals surface area (Å²) in [5, 5.41) is 3.29. The van der Waals surface area contributed by atoms with Crippen LogP contribution in [0.3, 0.4) is 0 Å². The van der Waals surface area contributed by atoms with E-state index in [1.807, 2.05) is 0 Å². The van der Waals surface area contributed by atoms with Crippen LogP contribution < -0.4 is 5.32 Å². The molecule has 0 saturated heterocycles. The van der Waals surface area contributed by atoms with E-state index in [4.69, 9.17) is 0 Å². The maximum Gasteiger partial charge on any atom is 0.319 e. The van der Waals surface area contributed by atoms with Gasteiger partial charge >= 0.3 is 5.97 Å².